The molecule has 0 aliphatic heterocycles. The zero-order valence-electron chi connectivity index (χ0n) is 9.34. The molecule has 2 heterocycles. The Morgan fingerprint density at radius 3 is 3.06 bits per heavy atom. The predicted molar refractivity (Wildman–Crippen MR) is 70.3 cm³/mol. The topological polar surface area (TPSA) is 72.7 Å². The van der Waals surface area contributed by atoms with Gasteiger partial charge in [0.05, 0.1) is 5.69 Å². The highest BCUT2D eigenvalue weighted by Gasteiger charge is 2.17. The van der Waals surface area contributed by atoms with Crippen LogP contribution in [-0.2, 0) is 4.79 Å². The highest BCUT2D eigenvalue weighted by molar-refractivity contribution is 9.10. The highest BCUT2D eigenvalue weighted by atomic mass is 79.9. The first-order valence-electron chi connectivity index (χ1n) is 5.04. The fraction of sp³-hybridized carbons (Fsp3) is 0.200. The van der Waals surface area contributed by atoms with Crippen LogP contribution in [0.15, 0.2) is 29.4 Å². The number of halogens is 2. The minimum atomic E-state index is -0.484. The van der Waals surface area contributed by atoms with Crippen molar-refractivity contribution in [1.29, 1.82) is 0 Å². The predicted octanol–water partition coefficient (Wildman–Crippen LogP) is 2.29. The van der Waals surface area contributed by atoms with Crippen molar-refractivity contribution in [2.45, 2.75) is 13.0 Å². The van der Waals surface area contributed by atoms with Gasteiger partial charge in [0, 0.05) is 10.7 Å². The van der Waals surface area contributed by atoms with E-state index in [1.807, 2.05) is 0 Å². The van der Waals surface area contributed by atoms with Crippen molar-refractivity contribution in [3.05, 3.63) is 34.5 Å². The summed E-state index contributed by atoms with van der Waals surface area (Å²) in [5.74, 6) is -0.248. The first-order valence-corrected chi connectivity index (χ1v) is 6.21. The second-order valence-electron chi connectivity index (χ2n) is 3.53. The molecule has 0 aromatic carbocycles. The monoisotopic (exact) mass is 329 g/mol. The summed E-state index contributed by atoms with van der Waals surface area (Å²) >= 11 is 9.15. The maximum Gasteiger partial charge on any atom is 0.249 e. The van der Waals surface area contributed by atoms with Crippen LogP contribution in [0.1, 0.15) is 13.0 Å². The van der Waals surface area contributed by atoms with Crippen molar-refractivity contribution >= 4 is 39.1 Å². The Morgan fingerprint density at radius 1 is 1.61 bits per heavy atom. The van der Waals surface area contributed by atoms with Gasteiger partial charge in [0.15, 0.2) is 5.15 Å². The van der Waals surface area contributed by atoms with Gasteiger partial charge < -0.3 is 5.32 Å². The van der Waals surface area contributed by atoms with E-state index in [0.29, 0.717) is 5.69 Å². The van der Waals surface area contributed by atoms with E-state index in [-0.39, 0.29) is 11.1 Å². The molecule has 0 spiro atoms. The van der Waals surface area contributed by atoms with Gasteiger partial charge in [-0.05, 0) is 28.9 Å². The number of nitrogens with zero attached hydrogens (tertiary/aromatic N) is 4. The van der Waals surface area contributed by atoms with Crippen molar-refractivity contribution in [2.75, 3.05) is 5.32 Å². The van der Waals surface area contributed by atoms with E-state index in [4.69, 9.17) is 11.6 Å². The van der Waals surface area contributed by atoms with E-state index in [9.17, 15) is 4.79 Å². The number of pyridine rings is 1. The third-order valence-electron chi connectivity index (χ3n) is 2.28. The normalized spacial score (nSPS) is 12.2. The lowest BCUT2D eigenvalue weighted by atomic mass is 10.3. The standard InChI is InChI=1S/C10H9BrClN5O/c1-6(17-5-13-4-15-17)10(18)16-8-2-7(11)3-14-9(8)12/h2-6H,1H3,(H,16,18). The number of anilines is 1. The molecule has 1 amide bonds. The molecular weight excluding hydrogens is 322 g/mol. The second-order valence-corrected chi connectivity index (χ2v) is 4.81. The fourth-order valence-corrected chi connectivity index (χ4v) is 1.77. The average Bonchev–Trinajstić information content (AvgIpc) is 2.86. The molecule has 0 saturated carbocycles. The molecule has 94 valence electrons. The lowest BCUT2D eigenvalue weighted by Gasteiger charge is -2.12. The van der Waals surface area contributed by atoms with Gasteiger partial charge in [-0.15, -0.1) is 0 Å². The van der Waals surface area contributed by atoms with E-state index in [1.54, 1.807) is 19.2 Å². The van der Waals surface area contributed by atoms with Gasteiger partial charge in [-0.25, -0.2) is 14.6 Å². The molecular formula is C10H9BrClN5O. The minimum Gasteiger partial charge on any atom is -0.322 e. The molecule has 0 aliphatic rings. The van der Waals surface area contributed by atoms with Crippen LogP contribution in [0.5, 0.6) is 0 Å². The number of hydrogen-bond acceptors (Lipinski definition) is 4. The Bertz CT molecular complexity index is 559. The fourth-order valence-electron chi connectivity index (χ4n) is 1.28. The largest absolute Gasteiger partial charge is 0.322 e. The third-order valence-corrected chi connectivity index (χ3v) is 3.01. The van der Waals surface area contributed by atoms with Crippen LogP contribution >= 0.6 is 27.5 Å². The summed E-state index contributed by atoms with van der Waals surface area (Å²) < 4.78 is 2.19. The lowest BCUT2D eigenvalue weighted by Crippen LogP contribution is -2.24. The van der Waals surface area contributed by atoms with Gasteiger partial charge in [0.25, 0.3) is 0 Å². The van der Waals surface area contributed by atoms with Crippen LogP contribution in [-0.4, -0.2) is 25.7 Å². The SMILES string of the molecule is CC(C(=O)Nc1cc(Br)cnc1Cl)n1cncn1. The van der Waals surface area contributed by atoms with Gasteiger partial charge in [0.2, 0.25) is 5.91 Å². The van der Waals surface area contributed by atoms with E-state index in [1.165, 1.54) is 17.3 Å². The van der Waals surface area contributed by atoms with E-state index < -0.39 is 6.04 Å². The number of nitrogens with one attached hydrogen (secondary N) is 1. The molecule has 2 rings (SSSR count). The molecule has 0 bridgehead atoms. The van der Waals surface area contributed by atoms with Crippen LogP contribution in [0.3, 0.4) is 0 Å². The number of aromatic nitrogens is 4. The summed E-state index contributed by atoms with van der Waals surface area (Å²) in [6, 6.07) is 1.20. The van der Waals surface area contributed by atoms with Gasteiger partial charge in [-0.2, -0.15) is 5.10 Å². The Morgan fingerprint density at radius 2 is 2.39 bits per heavy atom. The molecule has 0 aliphatic carbocycles. The summed E-state index contributed by atoms with van der Waals surface area (Å²) in [6.45, 7) is 1.71. The number of carbonyl (C=O) groups excluding carboxylic acids is 1. The number of amides is 1. The number of carbonyl (C=O) groups is 1. The molecule has 2 aromatic heterocycles. The molecule has 6 nitrogen and oxygen atoms in total. The summed E-state index contributed by atoms with van der Waals surface area (Å²) in [7, 11) is 0. The van der Waals surface area contributed by atoms with Crippen LogP contribution in [0.25, 0.3) is 0 Å². The average molecular weight is 331 g/mol. The zero-order valence-corrected chi connectivity index (χ0v) is 11.7. The third kappa shape index (κ3) is 2.85. The molecule has 1 unspecified atom stereocenters. The second kappa shape index (κ2) is 5.45. The van der Waals surface area contributed by atoms with Crippen molar-refractivity contribution in [2.24, 2.45) is 0 Å². The van der Waals surface area contributed by atoms with Crippen molar-refractivity contribution in [1.82, 2.24) is 19.7 Å². The first kappa shape index (κ1) is 13.0. The van der Waals surface area contributed by atoms with E-state index in [2.05, 4.69) is 36.3 Å². The highest BCUT2D eigenvalue weighted by Crippen LogP contribution is 2.23. The molecule has 0 saturated heterocycles. The molecule has 2 aromatic rings. The van der Waals surface area contributed by atoms with Crippen molar-refractivity contribution in [3.63, 3.8) is 0 Å². The molecule has 1 atom stereocenters. The van der Waals surface area contributed by atoms with Crippen LogP contribution in [0.2, 0.25) is 5.15 Å². The van der Waals surface area contributed by atoms with Gasteiger partial charge in [-0.3, -0.25) is 4.79 Å². The maximum absolute atomic E-state index is 12.0. The molecule has 8 heteroatoms. The lowest BCUT2D eigenvalue weighted by molar-refractivity contribution is -0.119. The van der Waals surface area contributed by atoms with Crippen LogP contribution in [0.4, 0.5) is 5.69 Å². The maximum atomic E-state index is 12.0. The summed E-state index contributed by atoms with van der Waals surface area (Å²) in [5.41, 5.74) is 0.447. The quantitative estimate of drug-likeness (QED) is 0.876. The Kier molecular flexibility index (Phi) is 3.93. The van der Waals surface area contributed by atoms with E-state index in [0.717, 1.165) is 4.47 Å². The zero-order chi connectivity index (χ0) is 13.1. The Balaban J connectivity index is 2.14. The molecule has 1 N–H and O–H groups in total. The Hall–Kier alpha value is -1.47. The number of hydrogen-bond donors (Lipinski definition) is 1. The molecule has 0 radical (unpaired) electrons. The summed E-state index contributed by atoms with van der Waals surface area (Å²) in [4.78, 5) is 19.7. The van der Waals surface area contributed by atoms with Gasteiger partial charge in [-0.1, -0.05) is 11.6 Å². The molecule has 0 fully saturated rings. The van der Waals surface area contributed by atoms with Gasteiger partial charge in [0.1, 0.15) is 18.7 Å². The van der Waals surface area contributed by atoms with Crippen molar-refractivity contribution < 1.29 is 4.79 Å². The summed E-state index contributed by atoms with van der Waals surface area (Å²) in [5, 5.41) is 6.83. The first-order chi connectivity index (χ1) is 8.58. The molecule has 18 heavy (non-hydrogen) atoms. The van der Waals surface area contributed by atoms with Crippen LogP contribution < -0.4 is 5.32 Å². The Labute approximate surface area is 117 Å². The van der Waals surface area contributed by atoms with Crippen molar-refractivity contribution in [3.8, 4) is 0 Å². The smallest absolute Gasteiger partial charge is 0.249 e. The minimum absolute atomic E-state index is 0.234. The summed E-state index contributed by atoms with van der Waals surface area (Å²) in [6.07, 6.45) is 4.40. The van der Waals surface area contributed by atoms with Crippen LogP contribution in [0, 0.1) is 0 Å². The van der Waals surface area contributed by atoms with Gasteiger partial charge >= 0.3 is 0 Å². The van der Waals surface area contributed by atoms with E-state index >= 15 is 0 Å². The number of rotatable bonds is 3.